The molecule has 1 aliphatic rings. The van der Waals surface area contributed by atoms with E-state index in [4.69, 9.17) is 0 Å². The van der Waals surface area contributed by atoms with Crippen LogP contribution >= 0.6 is 0 Å². The summed E-state index contributed by atoms with van der Waals surface area (Å²) in [7, 11) is 0. The second kappa shape index (κ2) is 5.65. The summed E-state index contributed by atoms with van der Waals surface area (Å²) in [6.07, 6.45) is 6.72. The third-order valence-corrected chi connectivity index (χ3v) is 5.22. The van der Waals surface area contributed by atoms with Gasteiger partial charge in [-0.3, -0.25) is 0 Å². The predicted octanol–water partition coefficient (Wildman–Crippen LogP) is 4.98. The maximum atomic E-state index is 11.0. The van der Waals surface area contributed by atoms with Gasteiger partial charge in [-0.1, -0.05) is 47.6 Å². The van der Waals surface area contributed by atoms with Gasteiger partial charge in [0, 0.05) is 6.20 Å². The van der Waals surface area contributed by atoms with Crippen LogP contribution in [0.1, 0.15) is 81.8 Å². The fourth-order valence-corrected chi connectivity index (χ4v) is 3.98. The number of rotatable bonds is 2. The lowest BCUT2D eigenvalue weighted by atomic mass is 9.75. The lowest BCUT2D eigenvalue weighted by Gasteiger charge is -2.30. The Morgan fingerprint density at radius 2 is 1.79 bits per heavy atom. The van der Waals surface area contributed by atoms with E-state index < -0.39 is 0 Å². The molecule has 0 saturated carbocycles. The molecule has 0 saturated heterocycles. The summed E-state index contributed by atoms with van der Waals surface area (Å²) in [6.45, 7) is 13.4. The highest BCUT2D eigenvalue weighted by atomic mass is 16.3. The molecule has 1 atom stereocenters. The van der Waals surface area contributed by atoms with Crippen LogP contribution in [0.3, 0.4) is 0 Å². The highest BCUT2D eigenvalue weighted by Crippen LogP contribution is 2.48. The van der Waals surface area contributed by atoms with Gasteiger partial charge in [0.05, 0.1) is 12.0 Å². The monoisotopic (exact) mass is 326 g/mol. The minimum atomic E-state index is -0.0562. The maximum Gasteiger partial charge on any atom is 0.122 e. The van der Waals surface area contributed by atoms with Gasteiger partial charge in [0.1, 0.15) is 5.75 Å². The van der Waals surface area contributed by atoms with Gasteiger partial charge in [0.25, 0.3) is 0 Å². The van der Waals surface area contributed by atoms with Gasteiger partial charge in [-0.2, -0.15) is 0 Å². The summed E-state index contributed by atoms with van der Waals surface area (Å²) in [5.41, 5.74) is 6.12. The van der Waals surface area contributed by atoms with Crippen LogP contribution in [0.4, 0.5) is 0 Å². The average molecular weight is 326 g/mol. The topological polar surface area (TPSA) is 48.9 Å². The van der Waals surface area contributed by atoms with Crippen molar-refractivity contribution in [3.05, 3.63) is 46.5 Å². The zero-order valence-corrected chi connectivity index (χ0v) is 15.8. The van der Waals surface area contributed by atoms with Crippen LogP contribution in [-0.2, 0) is 23.7 Å². The summed E-state index contributed by atoms with van der Waals surface area (Å²) < 4.78 is 0. The second-order valence-electron chi connectivity index (χ2n) is 9.21. The van der Waals surface area contributed by atoms with Crippen molar-refractivity contribution in [2.45, 2.75) is 77.6 Å². The molecule has 2 aromatic rings. The maximum absolute atomic E-state index is 11.0. The van der Waals surface area contributed by atoms with E-state index in [9.17, 15) is 5.11 Å². The predicted molar refractivity (Wildman–Crippen MR) is 98.9 cm³/mol. The number of aromatic nitrogens is 2. The summed E-state index contributed by atoms with van der Waals surface area (Å²) in [5.74, 6) is 0.965. The second-order valence-corrected chi connectivity index (χ2v) is 9.21. The lowest BCUT2D eigenvalue weighted by molar-refractivity contribution is 0.439. The van der Waals surface area contributed by atoms with Crippen molar-refractivity contribution in [2.75, 3.05) is 0 Å². The number of phenols is 1. The van der Waals surface area contributed by atoms with Crippen molar-refractivity contribution in [2.24, 2.45) is 0 Å². The molecule has 0 fully saturated rings. The molecule has 3 heteroatoms. The van der Waals surface area contributed by atoms with E-state index in [-0.39, 0.29) is 10.8 Å². The summed E-state index contributed by atoms with van der Waals surface area (Å²) >= 11 is 0. The molecule has 24 heavy (non-hydrogen) atoms. The van der Waals surface area contributed by atoms with Crippen LogP contribution in [0.5, 0.6) is 5.75 Å². The van der Waals surface area contributed by atoms with E-state index in [0.717, 1.165) is 30.5 Å². The number of benzene rings is 1. The number of aromatic hydroxyl groups is 1. The molecule has 0 spiro atoms. The van der Waals surface area contributed by atoms with E-state index in [2.05, 4.69) is 57.6 Å². The Labute approximate surface area is 145 Å². The Hall–Kier alpha value is -1.77. The summed E-state index contributed by atoms with van der Waals surface area (Å²) in [5, 5.41) is 11.0. The van der Waals surface area contributed by atoms with Crippen LogP contribution in [-0.4, -0.2) is 15.1 Å². The number of phenolic OH excluding ortho intramolecular Hbond substituents is 1. The van der Waals surface area contributed by atoms with Crippen LogP contribution in [0, 0.1) is 0 Å². The molecule has 1 aromatic carbocycles. The van der Waals surface area contributed by atoms with Gasteiger partial charge < -0.3 is 10.1 Å². The van der Waals surface area contributed by atoms with E-state index in [1.165, 1.54) is 16.7 Å². The van der Waals surface area contributed by atoms with Crippen molar-refractivity contribution >= 4 is 0 Å². The Kier molecular flexibility index (Phi) is 4.01. The molecule has 1 heterocycles. The molecule has 0 bridgehead atoms. The lowest BCUT2D eigenvalue weighted by Crippen LogP contribution is -2.20. The van der Waals surface area contributed by atoms with E-state index in [1.54, 1.807) is 6.33 Å². The molecule has 3 nitrogen and oxygen atoms in total. The number of hydrogen-bond donors (Lipinski definition) is 2. The van der Waals surface area contributed by atoms with E-state index in [1.807, 2.05) is 6.20 Å². The number of fused-ring (bicyclic) bond motifs is 1. The number of nitrogens with zero attached hydrogens (tertiary/aromatic N) is 1. The van der Waals surface area contributed by atoms with Crippen molar-refractivity contribution in [1.29, 1.82) is 0 Å². The minimum absolute atomic E-state index is 0.0562. The number of imidazole rings is 1. The van der Waals surface area contributed by atoms with Gasteiger partial charge in [-0.25, -0.2) is 4.98 Å². The van der Waals surface area contributed by atoms with Crippen LogP contribution in [0.2, 0.25) is 0 Å². The van der Waals surface area contributed by atoms with Gasteiger partial charge in [0.15, 0.2) is 0 Å². The van der Waals surface area contributed by atoms with Crippen molar-refractivity contribution < 1.29 is 5.11 Å². The SMILES string of the molecule is CC(C)(C)c1cc(C(C)(C)C)c2c(c1O)CCC2Cc1c[nH]cn1. The highest BCUT2D eigenvalue weighted by Gasteiger charge is 2.35. The molecule has 0 amide bonds. The fourth-order valence-electron chi connectivity index (χ4n) is 3.98. The Bertz CT molecular complexity index is 731. The molecule has 3 rings (SSSR count). The Balaban J connectivity index is 2.15. The first-order valence-corrected chi connectivity index (χ1v) is 8.96. The van der Waals surface area contributed by atoms with Crippen molar-refractivity contribution in [3.63, 3.8) is 0 Å². The largest absolute Gasteiger partial charge is 0.507 e. The average Bonchev–Trinajstić information content (AvgIpc) is 3.07. The van der Waals surface area contributed by atoms with Gasteiger partial charge in [-0.15, -0.1) is 0 Å². The van der Waals surface area contributed by atoms with E-state index in [0.29, 0.717) is 11.7 Å². The molecule has 1 unspecified atom stereocenters. The molecule has 2 N–H and O–H groups in total. The number of aromatic amines is 1. The number of hydrogen-bond acceptors (Lipinski definition) is 2. The normalized spacial score (nSPS) is 18.0. The Morgan fingerprint density at radius 1 is 1.12 bits per heavy atom. The Morgan fingerprint density at radius 3 is 2.33 bits per heavy atom. The fraction of sp³-hybridized carbons (Fsp3) is 0.571. The molecular weight excluding hydrogens is 296 g/mol. The number of nitrogens with one attached hydrogen (secondary N) is 1. The van der Waals surface area contributed by atoms with Crippen molar-refractivity contribution in [1.82, 2.24) is 9.97 Å². The molecule has 130 valence electrons. The molecular formula is C21H30N2O. The first-order chi connectivity index (χ1) is 11.1. The molecule has 1 aliphatic carbocycles. The third kappa shape index (κ3) is 2.97. The van der Waals surface area contributed by atoms with Crippen LogP contribution < -0.4 is 0 Å². The zero-order chi connectivity index (χ0) is 17.7. The van der Waals surface area contributed by atoms with Crippen LogP contribution in [0.15, 0.2) is 18.6 Å². The summed E-state index contributed by atoms with van der Waals surface area (Å²) in [6, 6.07) is 2.26. The van der Waals surface area contributed by atoms with Gasteiger partial charge >= 0.3 is 0 Å². The van der Waals surface area contributed by atoms with Gasteiger partial charge in [0.2, 0.25) is 0 Å². The molecule has 1 aromatic heterocycles. The van der Waals surface area contributed by atoms with Crippen LogP contribution in [0.25, 0.3) is 0 Å². The smallest absolute Gasteiger partial charge is 0.122 e. The first kappa shape index (κ1) is 17.1. The highest BCUT2D eigenvalue weighted by molar-refractivity contribution is 5.57. The molecule has 0 radical (unpaired) electrons. The third-order valence-electron chi connectivity index (χ3n) is 5.22. The first-order valence-electron chi connectivity index (χ1n) is 8.96. The quantitative estimate of drug-likeness (QED) is 0.817. The van der Waals surface area contributed by atoms with Crippen molar-refractivity contribution in [3.8, 4) is 5.75 Å². The number of H-pyrrole nitrogens is 1. The minimum Gasteiger partial charge on any atom is -0.507 e. The standard InChI is InChI=1S/C21H30N2O/c1-20(2,3)16-10-17(21(4,5)6)19(24)15-8-7-13(18(15)16)9-14-11-22-12-23-14/h10-13,24H,7-9H2,1-6H3,(H,22,23). The van der Waals surface area contributed by atoms with E-state index >= 15 is 0 Å². The molecule has 0 aliphatic heterocycles. The van der Waals surface area contributed by atoms with Gasteiger partial charge in [-0.05, 0) is 58.3 Å². The summed E-state index contributed by atoms with van der Waals surface area (Å²) in [4.78, 5) is 7.46. The zero-order valence-electron chi connectivity index (χ0n) is 15.8.